The van der Waals surface area contributed by atoms with Gasteiger partial charge in [0.2, 0.25) is 0 Å². The first-order valence-electron chi connectivity index (χ1n) is 2.92. The summed E-state index contributed by atoms with van der Waals surface area (Å²) < 4.78 is 1.05. The van der Waals surface area contributed by atoms with E-state index in [1.807, 2.05) is 13.8 Å². The van der Waals surface area contributed by atoms with Crippen molar-refractivity contribution in [2.24, 2.45) is 5.92 Å². The maximum atomic E-state index is 9.12. The van der Waals surface area contributed by atoms with Gasteiger partial charge in [-0.25, -0.2) is 0 Å². The normalized spacial score (nSPS) is 14.6. The second-order valence-corrected chi connectivity index (χ2v) is 3.37. The molecule has 0 aliphatic carbocycles. The van der Waals surface area contributed by atoms with Crippen molar-refractivity contribution < 1.29 is 5.11 Å². The van der Waals surface area contributed by atoms with E-state index in [2.05, 4.69) is 22.6 Å². The summed E-state index contributed by atoms with van der Waals surface area (Å²) in [6, 6.07) is 0. The smallest absolute Gasteiger partial charge is 0.0570 e. The highest BCUT2D eigenvalue weighted by Gasteiger charge is 2.05. The Bertz CT molecular complexity index is 54.5. The Hall–Kier alpha value is 0.690. The molecule has 2 heteroatoms. The summed E-state index contributed by atoms with van der Waals surface area (Å²) in [4.78, 5) is 0. The van der Waals surface area contributed by atoms with Crippen molar-refractivity contribution in [3.63, 3.8) is 0 Å². The molecular weight excluding hydrogens is 215 g/mol. The van der Waals surface area contributed by atoms with Crippen LogP contribution in [0.4, 0.5) is 0 Å². The molecule has 0 radical (unpaired) electrons. The molecule has 0 aromatic carbocycles. The topological polar surface area (TPSA) is 20.2 Å². The lowest BCUT2D eigenvalue weighted by atomic mass is 10.1. The van der Waals surface area contributed by atoms with Crippen LogP contribution in [0.15, 0.2) is 0 Å². The molecular formula is C6H13IO. The second-order valence-electron chi connectivity index (χ2n) is 2.29. The zero-order valence-corrected chi connectivity index (χ0v) is 7.55. The molecule has 1 N–H and O–H groups in total. The van der Waals surface area contributed by atoms with Crippen LogP contribution in [0.1, 0.15) is 20.3 Å². The standard InChI is InChI=1S/C6H13IO/c1-5(2)6(8)3-4-7/h5-6,8H,3-4H2,1-2H3/t6-/m0/s1. The van der Waals surface area contributed by atoms with Gasteiger partial charge in [0.05, 0.1) is 6.10 Å². The van der Waals surface area contributed by atoms with Crippen molar-refractivity contribution in [1.29, 1.82) is 0 Å². The highest BCUT2D eigenvalue weighted by atomic mass is 127. The van der Waals surface area contributed by atoms with Crippen LogP contribution in [0.2, 0.25) is 0 Å². The van der Waals surface area contributed by atoms with E-state index < -0.39 is 0 Å². The summed E-state index contributed by atoms with van der Waals surface area (Å²) in [6.45, 7) is 4.08. The monoisotopic (exact) mass is 228 g/mol. The highest BCUT2D eigenvalue weighted by molar-refractivity contribution is 14.1. The van der Waals surface area contributed by atoms with Gasteiger partial charge < -0.3 is 5.11 Å². The largest absolute Gasteiger partial charge is 0.393 e. The van der Waals surface area contributed by atoms with E-state index in [4.69, 9.17) is 5.11 Å². The molecule has 0 aromatic heterocycles. The van der Waals surface area contributed by atoms with E-state index in [0.29, 0.717) is 5.92 Å². The maximum Gasteiger partial charge on any atom is 0.0570 e. The third-order valence-corrected chi connectivity index (χ3v) is 1.80. The van der Waals surface area contributed by atoms with Gasteiger partial charge in [0.1, 0.15) is 0 Å². The molecule has 0 aromatic rings. The number of alkyl halides is 1. The van der Waals surface area contributed by atoms with E-state index >= 15 is 0 Å². The molecule has 1 atom stereocenters. The summed E-state index contributed by atoms with van der Waals surface area (Å²) >= 11 is 2.28. The van der Waals surface area contributed by atoms with Gasteiger partial charge in [-0.15, -0.1) is 0 Å². The molecule has 0 unspecified atom stereocenters. The fourth-order valence-corrected chi connectivity index (χ4v) is 1.08. The predicted octanol–water partition coefficient (Wildman–Crippen LogP) is 1.83. The third-order valence-electron chi connectivity index (χ3n) is 1.17. The Labute approximate surface area is 64.6 Å². The van der Waals surface area contributed by atoms with Crippen LogP contribution in [0.5, 0.6) is 0 Å². The van der Waals surface area contributed by atoms with Crippen molar-refractivity contribution in [2.45, 2.75) is 26.4 Å². The summed E-state index contributed by atoms with van der Waals surface area (Å²) in [5, 5.41) is 9.12. The van der Waals surface area contributed by atoms with E-state index in [9.17, 15) is 0 Å². The third kappa shape index (κ3) is 3.66. The average molecular weight is 228 g/mol. The quantitative estimate of drug-likeness (QED) is 0.577. The van der Waals surface area contributed by atoms with Gasteiger partial charge in [0.15, 0.2) is 0 Å². The first-order chi connectivity index (χ1) is 3.68. The van der Waals surface area contributed by atoms with Gasteiger partial charge in [0, 0.05) is 4.43 Å². The minimum Gasteiger partial charge on any atom is -0.393 e. The Kier molecular flexibility index (Phi) is 4.95. The lowest BCUT2D eigenvalue weighted by Gasteiger charge is -2.11. The van der Waals surface area contributed by atoms with Crippen molar-refractivity contribution in [3.8, 4) is 0 Å². The molecule has 8 heavy (non-hydrogen) atoms. The van der Waals surface area contributed by atoms with Crippen LogP contribution < -0.4 is 0 Å². The van der Waals surface area contributed by atoms with Crippen LogP contribution >= 0.6 is 22.6 Å². The zero-order chi connectivity index (χ0) is 6.57. The molecule has 0 saturated carbocycles. The van der Waals surface area contributed by atoms with Crippen molar-refractivity contribution in [3.05, 3.63) is 0 Å². The van der Waals surface area contributed by atoms with Gasteiger partial charge in [-0.2, -0.15) is 0 Å². The summed E-state index contributed by atoms with van der Waals surface area (Å²) in [5.41, 5.74) is 0. The number of hydrogen-bond donors (Lipinski definition) is 1. The number of aliphatic hydroxyl groups is 1. The van der Waals surface area contributed by atoms with E-state index in [0.717, 1.165) is 10.8 Å². The second kappa shape index (κ2) is 4.56. The Morgan fingerprint density at radius 1 is 1.50 bits per heavy atom. The summed E-state index contributed by atoms with van der Waals surface area (Å²) in [6.07, 6.45) is 0.838. The van der Waals surface area contributed by atoms with Crippen LogP contribution in [0.25, 0.3) is 0 Å². The van der Waals surface area contributed by atoms with Crippen molar-refractivity contribution in [2.75, 3.05) is 4.43 Å². The SMILES string of the molecule is CC(C)[C@@H](O)CCI. The minimum atomic E-state index is -0.0908. The molecule has 50 valence electrons. The lowest BCUT2D eigenvalue weighted by Crippen LogP contribution is -2.14. The summed E-state index contributed by atoms with van der Waals surface area (Å²) in [7, 11) is 0. The van der Waals surface area contributed by atoms with Gasteiger partial charge in [-0.1, -0.05) is 36.4 Å². The van der Waals surface area contributed by atoms with Crippen LogP contribution in [-0.4, -0.2) is 15.6 Å². The van der Waals surface area contributed by atoms with Crippen LogP contribution in [0.3, 0.4) is 0 Å². The Balaban J connectivity index is 3.17. The minimum absolute atomic E-state index is 0.0908. The van der Waals surface area contributed by atoms with E-state index in [1.54, 1.807) is 0 Å². The molecule has 0 saturated heterocycles. The van der Waals surface area contributed by atoms with E-state index in [-0.39, 0.29) is 6.10 Å². The molecule has 0 aliphatic heterocycles. The molecule has 1 nitrogen and oxygen atoms in total. The van der Waals surface area contributed by atoms with Crippen LogP contribution in [0, 0.1) is 5.92 Å². The number of aliphatic hydroxyl groups excluding tert-OH is 1. The Morgan fingerprint density at radius 3 is 2.12 bits per heavy atom. The summed E-state index contributed by atoms with van der Waals surface area (Å²) in [5.74, 6) is 0.421. The number of hydrogen-bond acceptors (Lipinski definition) is 1. The molecule has 0 heterocycles. The molecule has 0 fully saturated rings. The molecule has 0 bridgehead atoms. The number of halogens is 1. The molecule has 0 rings (SSSR count). The van der Waals surface area contributed by atoms with Gasteiger partial charge in [-0.3, -0.25) is 0 Å². The lowest BCUT2D eigenvalue weighted by molar-refractivity contribution is 0.123. The maximum absolute atomic E-state index is 9.12. The van der Waals surface area contributed by atoms with Crippen molar-refractivity contribution >= 4 is 22.6 Å². The van der Waals surface area contributed by atoms with Crippen LogP contribution in [-0.2, 0) is 0 Å². The molecule has 0 aliphatic rings. The number of rotatable bonds is 3. The van der Waals surface area contributed by atoms with E-state index in [1.165, 1.54) is 0 Å². The van der Waals surface area contributed by atoms with Gasteiger partial charge in [0.25, 0.3) is 0 Å². The zero-order valence-electron chi connectivity index (χ0n) is 5.39. The van der Waals surface area contributed by atoms with Crippen molar-refractivity contribution in [1.82, 2.24) is 0 Å². The fourth-order valence-electron chi connectivity index (χ4n) is 0.445. The average Bonchev–Trinajstić information content (AvgIpc) is 1.67. The first-order valence-corrected chi connectivity index (χ1v) is 4.45. The first kappa shape index (κ1) is 8.69. The van der Waals surface area contributed by atoms with Gasteiger partial charge in [-0.05, 0) is 12.3 Å². The highest BCUT2D eigenvalue weighted by Crippen LogP contribution is 2.06. The fraction of sp³-hybridized carbons (Fsp3) is 1.00. The predicted molar refractivity (Wildman–Crippen MR) is 44.3 cm³/mol. The molecule has 0 amide bonds. The van der Waals surface area contributed by atoms with Gasteiger partial charge >= 0.3 is 0 Å². The Morgan fingerprint density at radius 2 is 2.00 bits per heavy atom. The molecule has 0 spiro atoms.